The molecule has 1 atom stereocenters. The van der Waals surface area contributed by atoms with Crippen molar-refractivity contribution in [3.8, 4) is 23.0 Å². The average Bonchev–Trinajstić information content (AvgIpc) is 2.78. The van der Waals surface area contributed by atoms with Gasteiger partial charge in [-0.25, -0.2) is 0 Å². The third-order valence-corrected chi connectivity index (χ3v) is 4.26. The molecule has 0 bridgehead atoms. The number of fused-ring (bicyclic) bond motifs is 1. The Morgan fingerprint density at radius 1 is 0.960 bits per heavy atom. The highest BCUT2D eigenvalue weighted by atomic mass is 16.5. The minimum absolute atomic E-state index is 0.0658. The third-order valence-electron chi connectivity index (χ3n) is 4.26. The van der Waals surface area contributed by atoms with Crippen LogP contribution in [-0.4, -0.2) is 32.5 Å². The van der Waals surface area contributed by atoms with Gasteiger partial charge in [-0.05, 0) is 29.8 Å². The van der Waals surface area contributed by atoms with Crippen molar-refractivity contribution < 1.29 is 24.1 Å². The number of hydrogen-bond donors (Lipinski definition) is 1. The summed E-state index contributed by atoms with van der Waals surface area (Å²) in [5, 5.41) is 10.9. The van der Waals surface area contributed by atoms with Crippen molar-refractivity contribution in [2.75, 3.05) is 27.4 Å². The summed E-state index contributed by atoms with van der Waals surface area (Å²) in [5.74, 6) is 2.46. The molecule has 0 saturated heterocycles. The largest absolute Gasteiger partial charge is 0.496 e. The number of benzene rings is 2. The number of aliphatic hydroxyl groups is 1. The second kappa shape index (κ2) is 6.84. The molecule has 5 heteroatoms. The lowest BCUT2D eigenvalue weighted by Gasteiger charge is -2.20. The summed E-state index contributed by atoms with van der Waals surface area (Å²) in [7, 11) is 3.14. The maximum Gasteiger partial charge on any atom is 0.161 e. The van der Waals surface area contributed by atoms with E-state index in [1.54, 1.807) is 26.4 Å². The van der Waals surface area contributed by atoms with E-state index in [4.69, 9.17) is 18.9 Å². The predicted molar refractivity (Wildman–Crippen MR) is 94.8 cm³/mol. The number of hydrogen-bond acceptors (Lipinski definition) is 5. The number of methoxy groups -OCH3 is 2. The maximum absolute atomic E-state index is 10.9. The van der Waals surface area contributed by atoms with Gasteiger partial charge in [0.2, 0.25) is 0 Å². The van der Waals surface area contributed by atoms with Crippen molar-refractivity contribution in [2.45, 2.75) is 20.0 Å². The van der Waals surface area contributed by atoms with Crippen LogP contribution in [0.5, 0.6) is 23.0 Å². The second-order valence-corrected chi connectivity index (χ2v) is 6.93. The first-order chi connectivity index (χ1) is 11.9. The standard InChI is InChI=1S/C20H24O5/c1-20(2)11-24-14-9-8-13(10-17(14)25-12-20)19(21)18-15(22-3)6-5-7-16(18)23-4/h5-10,19,21H,11-12H2,1-4H3/t19-/m0/s1. The van der Waals surface area contributed by atoms with Crippen molar-refractivity contribution in [3.63, 3.8) is 0 Å². The fourth-order valence-electron chi connectivity index (χ4n) is 2.83. The lowest BCUT2D eigenvalue weighted by molar-refractivity contribution is 0.140. The Balaban J connectivity index is 1.98. The minimum Gasteiger partial charge on any atom is -0.496 e. The van der Waals surface area contributed by atoms with E-state index in [-0.39, 0.29) is 5.41 Å². The van der Waals surface area contributed by atoms with E-state index in [9.17, 15) is 5.11 Å². The van der Waals surface area contributed by atoms with Gasteiger partial charge in [-0.1, -0.05) is 26.0 Å². The van der Waals surface area contributed by atoms with Gasteiger partial charge in [-0.15, -0.1) is 0 Å². The van der Waals surface area contributed by atoms with Gasteiger partial charge in [-0.2, -0.15) is 0 Å². The van der Waals surface area contributed by atoms with Crippen LogP contribution in [0.4, 0.5) is 0 Å². The summed E-state index contributed by atoms with van der Waals surface area (Å²) >= 11 is 0. The van der Waals surface area contributed by atoms with E-state index in [1.807, 2.05) is 24.3 Å². The van der Waals surface area contributed by atoms with Crippen molar-refractivity contribution in [1.29, 1.82) is 0 Å². The summed E-state index contributed by atoms with van der Waals surface area (Å²) in [5.41, 5.74) is 1.20. The summed E-state index contributed by atoms with van der Waals surface area (Å²) < 4.78 is 22.5. The Bertz CT molecular complexity index is 731. The fraction of sp³-hybridized carbons (Fsp3) is 0.400. The Kier molecular flexibility index (Phi) is 4.77. The van der Waals surface area contributed by atoms with Crippen molar-refractivity contribution >= 4 is 0 Å². The molecule has 1 aliphatic rings. The maximum atomic E-state index is 10.9. The number of ether oxygens (including phenoxy) is 4. The monoisotopic (exact) mass is 344 g/mol. The zero-order valence-electron chi connectivity index (χ0n) is 15.0. The van der Waals surface area contributed by atoms with Crippen LogP contribution < -0.4 is 18.9 Å². The fourth-order valence-corrected chi connectivity index (χ4v) is 2.83. The highest BCUT2D eigenvalue weighted by molar-refractivity contribution is 5.52. The Labute approximate surface area is 148 Å². The van der Waals surface area contributed by atoms with Crippen LogP contribution in [0.25, 0.3) is 0 Å². The topological polar surface area (TPSA) is 57.2 Å². The Morgan fingerprint density at radius 3 is 2.16 bits per heavy atom. The molecule has 0 spiro atoms. The van der Waals surface area contributed by atoms with Crippen LogP contribution in [0.1, 0.15) is 31.1 Å². The van der Waals surface area contributed by atoms with Crippen LogP contribution in [-0.2, 0) is 0 Å². The summed E-state index contributed by atoms with van der Waals surface area (Å²) in [6, 6.07) is 10.9. The molecule has 1 aliphatic heterocycles. The molecule has 5 nitrogen and oxygen atoms in total. The highest BCUT2D eigenvalue weighted by Crippen LogP contribution is 2.41. The van der Waals surface area contributed by atoms with Gasteiger partial charge < -0.3 is 24.1 Å². The molecule has 3 rings (SSSR count). The van der Waals surface area contributed by atoms with E-state index < -0.39 is 6.10 Å². The molecule has 134 valence electrons. The molecule has 0 radical (unpaired) electrons. The lowest BCUT2D eigenvalue weighted by atomic mass is 9.97. The van der Waals surface area contributed by atoms with Crippen molar-refractivity contribution in [2.24, 2.45) is 5.41 Å². The molecule has 0 aliphatic carbocycles. The molecular weight excluding hydrogens is 320 g/mol. The molecule has 0 fully saturated rings. The lowest BCUT2D eigenvalue weighted by Crippen LogP contribution is -2.26. The van der Waals surface area contributed by atoms with Crippen LogP contribution in [0, 0.1) is 5.41 Å². The van der Waals surface area contributed by atoms with E-state index in [2.05, 4.69) is 13.8 Å². The van der Waals surface area contributed by atoms with E-state index >= 15 is 0 Å². The van der Waals surface area contributed by atoms with Gasteiger partial charge in [0, 0.05) is 5.41 Å². The Morgan fingerprint density at radius 2 is 1.56 bits per heavy atom. The molecule has 0 saturated carbocycles. The molecular formula is C20H24O5. The van der Waals surface area contributed by atoms with Crippen LogP contribution in [0.15, 0.2) is 36.4 Å². The molecule has 1 heterocycles. The van der Waals surface area contributed by atoms with Crippen molar-refractivity contribution in [1.82, 2.24) is 0 Å². The summed E-state index contributed by atoms with van der Waals surface area (Å²) in [6.07, 6.45) is -0.906. The molecule has 0 aromatic heterocycles. The van der Waals surface area contributed by atoms with Gasteiger partial charge in [0.05, 0.1) is 33.0 Å². The first kappa shape index (κ1) is 17.4. The Hall–Kier alpha value is -2.40. The van der Waals surface area contributed by atoms with Gasteiger partial charge in [0.1, 0.15) is 17.6 Å². The number of rotatable bonds is 4. The quantitative estimate of drug-likeness (QED) is 0.919. The zero-order valence-corrected chi connectivity index (χ0v) is 15.0. The van der Waals surface area contributed by atoms with E-state index in [0.29, 0.717) is 47.3 Å². The summed E-state index contributed by atoms with van der Waals surface area (Å²) in [4.78, 5) is 0. The molecule has 0 unspecified atom stereocenters. The van der Waals surface area contributed by atoms with Gasteiger partial charge in [0.25, 0.3) is 0 Å². The van der Waals surface area contributed by atoms with Crippen LogP contribution in [0.3, 0.4) is 0 Å². The molecule has 1 N–H and O–H groups in total. The van der Waals surface area contributed by atoms with Gasteiger partial charge >= 0.3 is 0 Å². The zero-order chi connectivity index (χ0) is 18.0. The first-order valence-electron chi connectivity index (χ1n) is 8.24. The molecule has 2 aromatic rings. The van der Waals surface area contributed by atoms with Crippen LogP contribution >= 0.6 is 0 Å². The first-order valence-corrected chi connectivity index (χ1v) is 8.24. The normalized spacial score (nSPS) is 16.7. The van der Waals surface area contributed by atoms with Crippen molar-refractivity contribution in [3.05, 3.63) is 47.5 Å². The minimum atomic E-state index is -0.906. The second-order valence-electron chi connectivity index (χ2n) is 6.93. The average molecular weight is 344 g/mol. The smallest absolute Gasteiger partial charge is 0.161 e. The van der Waals surface area contributed by atoms with E-state index in [0.717, 1.165) is 0 Å². The molecule has 2 aromatic carbocycles. The van der Waals surface area contributed by atoms with Crippen LogP contribution in [0.2, 0.25) is 0 Å². The molecule has 0 amide bonds. The number of aliphatic hydroxyl groups excluding tert-OH is 1. The molecule has 25 heavy (non-hydrogen) atoms. The predicted octanol–water partition coefficient (Wildman–Crippen LogP) is 3.58. The van der Waals surface area contributed by atoms with Gasteiger partial charge in [-0.3, -0.25) is 0 Å². The summed E-state index contributed by atoms with van der Waals surface area (Å²) in [6.45, 7) is 5.32. The third kappa shape index (κ3) is 3.51. The van der Waals surface area contributed by atoms with E-state index in [1.165, 1.54) is 0 Å². The SMILES string of the molecule is COc1cccc(OC)c1[C@@H](O)c1ccc2c(c1)OCC(C)(C)CO2. The highest BCUT2D eigenvalue weighted by Gasteiger charge is 2.27. The van der Waals surface area contributed by atoms with Gasteiger partial charge in [0.15, 0.2) is 11.5 Å².